The first-order valence-corrected chi connectivity index (χ1v) is 2.75. The highest BCUT2D eigenvalue weighted by Gasteiger charge is 1.58. The summed E-state index contributed by atoms with van der Waals surface area (Å²) < 4.78 is 3.39. The largest absolute Gasteiger partial charge is 0.312 e. The first-order valence-electron chi connectivity index (χ1n) is 1.93. The second-order valence-corrected chi connectivity index (χ2v) is 1.89. The lowest BCUT2D eigenvalue weighted by Crippen LogP contribution is -1.99. The zero-order valence-electron chi connectivity index (χ0n) is 5.30. The predicted molar refractivity (Wildman–Crippen MR) is 33.3 cm³/mol. The molecule has 0 spiro atoms. The third-order valence-electron chi connectivity index (χ3n) is 0. The maximum atomic E-state index is 7.13. The highest BCUT2D eigenvalue weighted by molar-refractivity contribution is 5.97. The van der Waals surface area contributed by atoms with Gasteiger partial charge in [0.2, 0.25) is 0 Å². The summed E-state index contributed by atoms with van der Waals surface area (Å²) in [5.74, 6) is 0. The maximum Gasteiger partial charge on any atom is 0.193 e. The van der Waals surface area contributed by atoms with E-state index in [1.807, 2.05) is 26.0 Å². The predicted octanol–water partition coefficient (Wildman–Crippen LogP) is -1.07. The van der Waals surface area contributed by atoms with Crippen molar-refractivity contribution in [3.63, 3.8) is 0 Å². The number of hydrogen-bond donors (Lipinski definition) is 1. The van der Waals surface area contributed by atoms with Crippen LogP contribution in [-0.2, 0) is 4.58 Å². The third kappa shape index (κ3) is 10900. The van der Waals surface area contributed by atoms with Gasteiger partial charge in [0.1, 0.15) is 0 Å². The van der Waals surface area contributed by atoms with Crippen LogP contribution >= 0.6 is 0 Å². The average Bonchev–Trinajstić information content (AvgIpc) is 1.33. The molecule has 0 atom stereocenters. The van der Waals surface area contributed by atoms with E-state index < -0.39 is 0 Å². The molecule has 0 aromatic heterocycles. The van der Waals surface area contributed by atoms with Crippen molar-refractivity contribution in [2.24, 2.45) is 0 Å². The smallest absolute Gasteiger partial charge is 0.193 e. The molecule has 0 fully saturated rings. The Kier molecular flexibility index (Phi) is 13.7. The zero-order chi connectivity index (χ0) is 6.28. The monoisotopic (exact) mass is 123 g/mol. The van der Waals surface area contributed by atoms with Crippen LogP contribution in [0, 0.1) is 0 Å². The van der Waals surface area contributed by atoms with E-state index in [1.165, 1.54) is 0 Å². The van der Waals surface area contributed by atoms with E-state index in [9.17, 15) is 0 Å². The van der Waals surface area contributed by atoms with E-state index in [-0.39, 0.29) is 0 Å². The first kappa shape index (κ1) is 10.2. The molecular weight excluding hydrogens is 110 g/mol. The minimum atomic E-state index is 0.424. The van der Waals surface area contributed by atoms with Crippen molar-refractivity contribution in [2.45, 2.75) is 0 Å². The summed E-state index contributed by atoms with van der Waals surface area (Å²) in [6, 6.07) is 0. The van der Waals surface area contributed by atoms with Gasteiger partial charge in [0.05, 0.1) is 0 Å². The molecule has 0 saturated heterocycles. The Balaban J connectivity index is 0. The Morgan fingerprint density at radius 1 is 1.43 bits per heavy atom. The summed E-state index contributed by atoms with van der Waals surface area (Å²) in [7, 11) is 6.42. The first-order chi connectivity index (χ1) is 3.15. The van der Waals surface area contributed by atoms with Crippen LogP contribution < -0.4 is 0 Å². The van der Waals surface area contributed by atoms with Gasteiger partial charge in [0.25, 0.3) is 0 Å². The molecule has 0 aliphatic rings. The molecule has 4 heteroatoms. The Morgan fingerprint density at radius 3 is 1.43 bits per heavy atom. The van der Waals surface area contributed by atoms with Gasteiger partial charge in [-0.2, -0.15) is 0 Å². The zero-order valence-corrected chi connectivity index (χ0v) is 7.30. The van der Waals surface area contributed by atoms with Crippen LogP contribution in [0.3, 0.4) is 0 Å². The van der Waals surface area contributed by atoms with Gasteiger partial charge in [-0.05, 0) is 21.1 Å². The SMILES string of the molecule is CN(C)C.OO[SiH3]. The summed E-state index contributed by atoms with van der Waals surface area (Å²) in [4.78, 5) is 2.00. The van der Waals surface area contributed by atoms with Crippen LogP contribution in [0.4, 0.5) is 0 Å². The molecule has 0 aromatic carbocycles. The summed E-state index contributed by atoms with van der Waals surface area (Å²) >= 11 is 0. The fourth-order valence-electron chi connectivity index (χ4n) is 0. The van der Waals surface area contributed by atoms with Gasteiger partial charge in [0, 0.05) is 0 Å². The fraction of sp³-hybridized carbons (Fsp3) is 1.00. The van der Waals surface area contributed by atoms with Crippen LogP contribution in [0.5, 0.6) is 0 Å². The van der Waals surface area contributed by atoms with Crippen LogP contribution in [0.25, 0.3) is 0 Å². The van der Waals surface area contributed by atoms with E-state index >= 15 is 0 Å². The minimum absolute atomic E-state index is 0.424. The molecule has 0 rings (SSSR count). The second kappa shape index (κ2) is 9.44. The Hall–Kier alpha value is 0.0969. The fourth-order valence-corrected chi connectivity index (χ4v) is 0. The van der Waals surface area contributed by atoms with Crippen molar-refractivity contribution in [3.8, 4) is 0 Å². The van der Waals surface area contributed by atoms with Crippen molar-refractivity contribution in [2.75, 3.05) is 21.1 Å². The van der Waals surface area contributed by atoms with Gasteiger partial charge in [-0.25, -0.2) is 0 Å². The van der Waals surface area contributed by atoms with Gasteiger partial charge < -0.3 is 9.48 Å². The minimum Gasteiger partial charge on any atom is -0.312 e. The Labute approximate surface area is 47.4 Å². The number of hydrogen-bond acceptors (Lipinski definition) is 3. The van der Waals surface area contributed by atoms with Gasteiger partial charge in [-0.1, -0.05) is 0 Å². The van der Waals surface area contributed by atoms with Crippen molar-refractivity contribution >= 4 is 10.5 Å². The molecular formula is C3H13NO2Si. The molecule has 0 aromatic rings. The van der Waals surface area contributed by atoms with Gasteiger partial charge in [0.15, 0.2) is 10.5 Å². The summed E-state index contributed by atoms with van der Waals surface area (Å²) in [6.45, 7) is 0. The van der Waals surface area contributed by atoms with Crippen molar-refractivity contribution < 1.29 is 9.83 Å². The molecule has 7 heavy (non-hydrogen) atoms. The normalized spacial score (nSPS) is 8.14. The van der Waals surface area contributed by atoms with Crippen molar-refractivity contribution in [3.05, 3.63) is 0 Å². The second-order valence-electron chi connectivity index (χ2n) is 1.52. The van der Waals surface area contributed by atoms with Gasteiger partial charge in [-0.3, -0.25) is 5.26 Å². The number of rotatable bonds is 0. The van der Waals surface area contributed by atoms with E-state index in [2.05, 4.69) is 4.58 Å². The molecule has 0 amide bonds. The maximum absolute atomic E-state index is 7.13. The molecule has 3 nitrogen and oxygen atoms in total. The average molecular weight is 123 g/mol. The quantitative estimate of drug-likeness (QED) is 0.253. The summed E-state index contributed by atoms with van der Waals surface area (Å²) in [6.07, 6.45) is 0. The summed E-state index contributed by atoms with van der Waals surface area (Å²) in [5.41, 5.74) is 0. The van der Waals surface area contributed by atoms with Crippen molar-refractivity contribution in [1.29, 1.82) is 0 Å². The molecule has 0 heterocycles. The lowest BCUT2D eigenvalue weighted by molar-refractivity contribution is -0.131. The van der Waals surface area contributed by atoms with Gasteiger partial charge >= 0.3 is 0 Å². The van der Waals surface area contributed by atoms with E-state index in [1.54, 1.807) is 0 Å². The third-order valence-corrected chi connectivity index (χ3v) is 0. The molecule has 0 unspecified atom stereocenters. The molecule has 0 aliphatic carbocycles. The lowest BCUT2D eigenvalue weighted by atomic mass is 11.0. The molecule has 46 valence electrons. The highest BCUT2D eigenvalue weighted by Crippen LogP contribution is 1.47. The molecule has 0 bridgehead atoms. The molecule has 0 saturated carbocycles. The van der Waals surface area contributed by atoms with Crippen LogP contribution in [0.15, 0.2) is 0 Å². The summed E-state index contributed by atoms with van der Waals surface area (Å²) in [5, 5.41) is 7.13. The van der Waals surface area contributed by atoms with E-state index in [0.717, 1.165) is 0 Å². The number of nitrogens with zero attached hydrogens (tertiary/aromatic N) is 1. The van der Waals surface area contributed by atoms with E-state index in [4.69, 9.17) is 5.26 Å². The lowest BCUT2D eigenvalue weighted by Gasteiger charge is -1.90. The Morgan fingerprint density at radius 2 is 1.43 bits per heavy atom. The topological polar surface area (TPSA) is 32.7 Å². The van der Waals surface area contributed by atoms with Crippen molar-refractivity contribution in [1.82, 2.24) is 4.90 Å². The van der Waals surface area contributed by atoms with Crippen LogP contribution in [0.2, 0.25) is 0 Å². The highest BCUT2D eigenvalue weighted by atomic mass is 28.2. The molecule has 0 aliphatic heterocycles. The molecule has 0 radical (unpaired) electrons. The molecule has 1 N–H and O–H groups in total. The standard InChI is InChI=1S/C3H9N.H4O2Si/c1-4(2)3;1-2-3/h1-3H3;1H,3H3. The van der Waals surface area contributed by atoms with E-state index in [0.29, 0.717) is 10.5 Å². The van der Waals surface area contributed by atoms with Gasteiger partial charge in [-0.15, -0.1) is 0 Å². The Bertz CT molecular complexity index is 24.1. The van der Waals surface area contributed by atoms with Crippen LogP contribution in [-0.4, -0.2) is 41.8 Å². The van der Waals surface area contributed by atoms with Crippen LogP contribution in [0.1, 0.15) is 0 Å².